The molecule has 0 aliphatic carbocycles. The first kappa shape index (κ1) is 20.6. The molecule has 0 amide bonds. The van der Waals surface area contributed by atoms with E-state index in [4.69, 9.17) is 16.3 Å². The highest BCUT2D eigenvalue weighted by atomic mass is 35.5. The molecule has 8 heteroatoms. The van der Waals surface area contributed by atoms with Gasteiger partial charge in [-0.15, -0.1) is 0 Å². The third kappa shape index (κ3) is 3.85. The molecule has 4 aromatic rings. The number of benzene rings is 1. The maximum atomic E-state index is 13.4. The van der Waals surface area contributed by atoms with Crippen molar-refractivity contribution in [3.8, 4) is 22.3 Å². The van der Waals surface area contributed by atoms with Crippen LogP contribution in [0.25, 0.3) is 33.3 Å². The number of pyridine rings is 2. The van der Waals surface area contributed by atoms with E-state index < -0.39 is 0 Å². The highest BCUT2D eigenvalue weighted by Gasteiger charge is 2.18. The first-order chi connectivity index (χ1) is 15.6. The summed E-state index contributed by atoms with van der Waals surface area (Å²) >= 11 is 6.63. The summed E-state index contributed by atoms with van der Waals surface area (Å²) in [5.41, 5.74) is 3.57. The van der Waals surface area contributed by atoms with Crippen LogP contribution in [-0.4, -0.2) is 38.8 Å². The first-order valence-corrected chi connectivity index (χ1v) is 11.0. The second-order valence-electron chi connectivity index (χ2n) is 7.72. The number of halogens is 1. The average Bonchev–Trinajstić information content (AvgIpc) is 3.33. The lowest BCUT2D eigenvalue weighted by molar-refractivity contribution is 0.195. The van der Waals surface area contributed by atoms with Gasteiger partial charge >= 0.3 is 0 Å². The smallest absolute Gasteiger partial charge is 0.260 e. The summed E-state index contributed by atoms with van der Waals surface area (Å²) in [6.45, 7) is 3.78. The van der Waals surface area contributed by atoms with Gasteiger partial charge < -0.3 is 10.1 Å². The molecule has 32 heavy (non-hydrogen) atoms. The van der Waals surface area contributed by atoms with Gasteiger partial charge in [-0.3, -0.25) is 14.3 Å². The van der Waals surface area contributed by atoms with Crippen molar-refractivity contribution in [1.82, 2.24) is 19.5 Å². The van der Waals surface area contributed by atoms with Crippen LogP contribution in [0.2, 0.25) is 5.02 Å². The van der Waals surface area contributed by atoms with Crippen LogP contribution in [0.1, 0.15) is 13.3 Å². The van der Waals surface area contributed by atoms with E-state index in [1.165, 1.54) is 0 Å². The van der Waals surface area contributed by atoms with Gasteiger partial charge in [-0.1, -0.05) is 29.8 Å². The summed E-state index contributed by atoms with van der Waals surface area (Å²) < 4.78 is 7.06. The normalized spacial score (nSPS) is 15.9. The van der Waals surface area contributed by atoms with Gasteiger partial charge in [0.2, 0.25) is 5.95 Å². The van der Waals surface area contributed by atoms with Gasteiger partial charge in [0.15, 0.2) is 0 Å². The molecule has 1 saturated heterocycles. The van der Waals surface area contributed by atoms with E-state index in [-0.39, 0.29) is 11.6 Å². The summed E-state index contributed by atoms with van der Waals surface area (Å²) in [5, 5.41) is 4.58. The van der Waals surface area contributed by atoms with Gasteiger partial charge in [0.1, 0.15) is 5.65 Å². The molecule has 4 heterocycles. The second kappa shape index (κ2) is 8.68. The second-order valence-corrected chi connectivity index (χ2v) is 8.13. The standard InChI is InChI=1S/C24H22ClN5O2/c1-2-30-22-17(13-27-24(29-22)28-18-7-9-32-14-18)10-20(23(30)31)19-6-5-15(11-21(19)25)16-4-3-8-26-12-16/h3-6,8,10-13,18H,2,7,9,14H2,1H3,(H,27,28,29)/t18-/m1/s1. The van der Waals surface area contributed by atoms with Crippen molar-refractivity contribution in [3.05, 3.63) is 70.4 Å². The maximum Gasteiger partial charge on any atom is 0.260 e. The molecule has 5 rings (SSSR count). The lowest BCUT2D eigenvalue weighted by Crippen LogP contribution is -2.24. The van der Waals surface area contributed by atoms with Gasteiger partial charge in [0, 0.05) is 58.8 Å². The summed E-state index contributed by atoms with van der Waals surface area (Å²) in [7, 11) is 0. The first-order valence-electron chi connectivity index (χ1n) is 10.6. The fourth-order valence-corrected chi connectivity index (χ4v) is 4.27. The monoisotopic (exact) mass is 447 g/mol. The number of aromatic nitrogens is 4. The fraction of sp³-hybridized carbons (Fsp3) is 0.250. The van der Waals surface area contributed by atoms with Crippen LogP contribution in [-0.2, 0) is 11.3 Å². The van der Waals surface area contributed by atoms with E-state index in [1.807, 2.05) is 43.3 Å². The molecule has 1 fully saturated rings. The van der Waals surface area contributed by atoms with Crippen molar-refractivity contribution in [2.75, 3.05) is 18.5 Å². The van der Waals surface area contributed by atoms with Crippen molar-refractivity contribution >= 4 is 28.6 Å². The van der Waals surface area contributed by atoms with Crippen molar-refractivity contribution in [1.29, 1.82) is 0 Å². The lowest BCUT2D eigenvalue weighted by atomic mass is 10.0. The Bertz CT molecular complexity index is 1330. The highest BCUT2D eigenvalue weighted by molar-refractivity contribution is 6.33. The molecule has 1 atom stereocenters. The summed E-state index contributed by atoms with van der Waals surface area (Å²) in [6.07, 6.45) is 6.17. The molecule has 3 aromatic heterocycles. The van der Waals surface area contributed by atoms with E-state index in [0.717, 1.165) is 29.5 Å². The zero-order valence-corrected chi connectivity index (χ0v) is 18.3. The predicted octanol–water partition coefficient (Wildman–Crippen LogP) is 4.39. The minimum atomic E-state index is -0.134. The lowest BCUT2D eigenvalue weighted by Gasteiger charge is -2.14. The van der Waals surface area contributed by atoms with Gasteiger partial charge in [0.05, 0.1) is 12.6 Å². The topological polar surface area (TPSA) is 81.9 Å². The summed E-state index contributed by atoms with van der Waals surface area (Å²) in [5.74, 6) is 0.501. The Hall–Kier alpha value is -3.29. The van der Waals surface area contributed by atoms with E-state index in [9.17, 15) is 4.79 Å². The van der Waals surface area contributed by atoms with Crippen LogP contribution < -0.4 is 10.9 Å². The summed E-state index contributed by atoms with van der Waals surface area (Å²) in [6, 6.07) is 11.5. The molecule has 1 aromatic carbocycles. The number of fused-ring (bicyclic) bond motifs is 1. The van der Waals surface area contributed by atoms with E-state index >= 15 is 0 Å². The number of hydrogen-bond acceptors (Lipinski definition) is 6. The zero-order chi connectivity index (χ0) is 22.1. The molecular weight excluding hydrogens is 426 g/mol. The number of ether oxygens (including phenoxy) is 1. The number of nitrogens with one attached hydrogen (secondary N) is 1. The van der Waals surface area contributed by atoms with Crippen LogP contribution >= 0.6 is 11.6 Å². The number of nitrogens with zero attached hydrogens (tertiary/aromatic N) is 4. The molecule has 0 spiro atoms. The Kier molecular flexibility index (Phi) is 5.59. The summed E-state index contributed by atoms with van der Waals surface area (Å²) in [4.78, 5) is 26.6. The highest BCUT2D eigenvalue weighted by Crippen LogP contribution is 2.31. The van der Waals surface area contributed by atoms with Gasteiger partial charge in [-0.05, 0) is 37.1 Å². The minimum Gasteiger partial charge on any atom is -0.379 e. The van der Waals surface area contributed by atoms with Crippen LogP contribution in [0, 0.1) is 0 Å². The third-order valence-electron chi connectivity index (χ3n) is 5.66. The molecule has 0 unspecified atom stereocenters. The van der Waals surface area contributed by atoms with Crippen molar-refractivity contribution in [2.24, 2.45) is 0 Å². The van der Waals surface area contributed by atoms with Crippen molar-refractivity contribution in [2.45, 2.75) is 25.9 Å². The van der Waals surface area contributed by atoms with Gasteiger partial charge in [0.25, 0.3) is 5.56 Å². The van der Waals surface area contributed by atoms with Crippen LogP contribution in [0.5, 0.6) is 0 Å². The van der Waals surface area contributed by atoms with Crippen molar-refractivity contribution < 1.29 is 4.74 Å². The van der Waals surface area contributed by atoms with Crippen molar-refractivity contribution in [3.63, 3.8) is 0 Å². The number of hydrogen-bond donors (Lipinski definition) is 1. The van der Waals surface area contributed by atoms with Crippen LogP contribution in [0.3, 0.4) is 0 Å². The molecule has 0 radical (unpaired) electrons. The SMILES string of the molecule is CCn1c(=O)c(-c2ccc(-c3cccnc3)cc2Cl)cc2cnc(N[C@@H]3CCOC3)nc21. The average molecular weight is 448 g/mol. The number of anilines is 1. The fourth-order valence-electron chi connectivity index (χ4n) is 3.99. The molecular formula is C24H22ClN5O2. The molecule has 1 aliphatic rings. The molecule has 0 saturated carbocycles. The van der Waals surface area contributed by atoms with E-state index in [0.29, 0.717) is 40.9 Å². The Morgan fingerprint density at radius 3 is 2.81 bits per heavy atom. The predicted molar refractivity (Wildman–Crippen MR) is 126 cm³/mol. The molecule has 162 valence electrons. The van der Waals surface area contributed by atoms with E-state index in [2.05, 4.69) is 20.3 Å². The van der Waals surface area contributed by atoms with Gasteiger partial charge in [-0.25, -0.2) is 4.98 Å². The Morgan fingerprint density at radius 2 is 2.09 bits per heavy atom. The quantitative estimate of drug-likeness (QED) is 0.488. The number of rotatable bonds is 5. The third-order valence-corrected chi connectivity index (χ3v) is 5.97. The molecule has 1 N–H and O–H groups in total. The van der Waals surface area contributed by atoms with Gasteiger partial charge in [-0.2, -0.15) is 4.98 Å². The largest absolute Gasteiger partial charge is 0.379 e. The Balaban J connectivity index is 1.57. The van der Waals surface area contributed by atoms with Crippen LogP contribution in [0.4, 0.5) is 5.95 Å². The maximum absolute atomic E-state index is 13.4. The molecule has 7 nitrogen and oxygen atoms in total. The Labute approximate surface area is 190 Å². The van der Waals surface area contributed by atoms with Crippen LogP contribution in [0.15, 0.2) is 59.8 Å². The number of aryl methyl sites for hydroxylation is 1. The molecule has 0 bridgehead atoms. The zero-order valence-electron chi connectivity index (χ0n) is 17.6. The Morgan fingerprint density at radius 1 is 1.19 bits per heavy atom. The molecule has 1 aliphatic heterocycles. The minimum absolute atomic E-state index is 0.134. The van der Waals surface area contributed by atoms with E-state index in [1.54, 1.807) is 23.2 Å².